The van der Waals surface area contributed by atoms with Crippen molar-refractivity contribution in [3.63, 3.8) is 0 Å². The molecule has 5 rings (SSSR count). The fourth-order valence-corrected chi connectivity index (χ4v) is 4.91. The molecule has 1 aromatic heterocycles. The molecule has 1 unspecified atom stereocenters. The maximum atomic E-state index is 13.0. The summed E-state index contributed by atoms with van der Waals surface area (Å²) in [6.07, 6.45) is 7.03. The van der Waals surface area contributed by atoms with Crippen LogP contribution in [0.3, 0.4) is 0 Å². The number of piperidine rings is 1. The number of anilines is 1. The highest BCUT2D eigenvalue weighted by Gasteiger charge is 2.29. The molecule has 4 nitrogen and oxygen atoms in total. The summed E-state index contributed by atoms with van der Waals surface area (Å²) in [4.78, 5) is 15.6. The lowest BCUT2D eigenvalue weighted by molar-refractivity contribution is 0.103. The highest BCUT2D eigenvalue weighted by Crippen LogP contribution is 2.40. The number of hydrogen-bond acceptors (Lipinski definition) is 4. The number of carbonyl (C=O) groups excluding carboxylic acids is 1. The molecule has 1 fully saturated rings. The molecule has 1 atom stereocenters. The number of rotatable bonds is 3. The van der Waals surface area contributed by atoms with Gasteiger partial charge in [0.05, 0.1) is 5.02 Å². The van der Waals surface area contributed by atoms with Gasteiger partial charge in [-0.2, -0.15) is 0 Å². The first kappa shape index (κ1) is 18.5. The average molecular weight is 407 g/mol. The van der Waals surface area contributed by atoms with E-state index in [1.54, 1.807) is 18.2 Å². The quantitative estimate of drug-likeness (QED) is 0.580. The van der Waals surface area contributed by atoms with Crippen LogP contribution in [-0.2, 0) is 0 Å². The maximum absolute atomic E-state index is 13.0. The first-order valence-corrected chi connectivity index (χ1v) is 10.5. The third-order valence-corrected chi connectivity index (χ3v) is 6.52. The number of halogens is 1. The largest absolute Gasteiger partial charge is 0.440 e. The monoisotopic (exact) mass is 406 g/mol. The maximum Gasteiger partial charge on any atom is 0.199 e. The topological polar surface area (TPSA) is 59.5 Å². The molecule has 2 aliphatic heterocycles. The Balaban J connectivity index is 1.56. The van der Waals surface area contributed by atoms with Crippen molar-refractivity contribution in [2.24, 2.45) is 0 Å². The lowest BCUT2D eigenvalue weighted by atomic mass is 9.88. The molecule has 0 amide bonds. The molecular formula is C24H23ClN2O2. The number of hydrogen-bond donors (Lipinski definition) is 1. The van der Waals surface area contributed by atoms with Gasteiger partial charge < -0.3 is 10.2 Å². The van der Waals surface area contributed by atoms with Gasteiger partial charge in [0.1, 0.15) is 5.58 Å². The summed E-state index contributed by atoms with van der Waals surface area (Å²) in [6, 6.07) is 13.2. The van der Waals surface area contributed by atoms with E-state index in [2.05, 4.69) is 11.0 Å². The molecule has 0 saturated carbocycles. The lowest BCUT2D eigenvalue weighted by Crippen LogP contribution is -2.41. The zero-order valence-corrected chi connectivity index (χ0v) is 16.9. The van der Waals surface area contributed by atoms with Gasteiger partial charge in [-0.25, -0.2) is 0 Å². The van der Waals surface area contributed by atoms with Crippen LogP contribution in [0.1, 0.15) is 47.2 Å². The number of fused-ring (bicyclic) bond motifs is 2. The second-order valence-corrected chi connectivity index (χ2v) is 8.35. The second kappa shape index (κ2) is 7.36. The fourth-order valence-electron chi connectivity index (χ4n) is 4.69. The van der Waals surface area contributed by atoms with E-state index in [-0.39, 0.29) is 5.78 Å². The zero-order valence-electron chi connectivity index (χ0n) is 16.2. The van der Waals surface area contributed by atoms with Gasteiger partial charge in [-0.15, -0.1) is 0 Å². The third kappa shape index (κ3) is 3.26. The van der Waals surface area contributed by atoms with Crippen molar-refractivity contribution in [3.05, 3.63) is 70.3 Å². The van der Waals surface area contributed by atoms with Crippen LogP contribution in [-0.4, -0.2) is 29.8 Å². The van der Waals surface area contributed by atoms with Gasteiger partial charge in [-0.3, -0.25) is 9.69 Å². The van der Waals surface area contributed by atoms with Crippen molar-refractivity contribution in [1.82, 2.24) is 4.90 Å². The van der Waals surface area contributed by atoms with Crippen molar-refractivity contribution >= 4 is 39.8 Å². The first-order valence-electron chi connectivity index (χ1n) is 10.2. The van der Waals surface area contributed by atoms with Crippen LogP contribution < -0.4 is 5.73 Å². The number of nitrogen functional groups attached to an aromatic ring is 1. The van der Waals surface area contributed by atoms with Gasteiger partial charge in [0.2, 0.25) is 0 Å². The Labute approximate surface area is 174 Å². The molecule has 2 N–H and O–H groups in total. The van der Waals surface area contributed by atoms with Gasteiger partial charge in [-0.1, -0.05) is 36.2 Å². The molecular weight excluding hydrogens is 384 g/mol. The average Bonchev–Trinajstić information content (AvgIpc) is 3.08. The van der Waals surface area contributed by atoms with E-state index in [1.165, 1.54) is 31.4 Å². The van der Waals surface area contributed by atoms with Gasteiger partial charge in [0.15, 0.2) is 11.7 Å². The standard InChI is InChI=1S/C24H23ClN2O2/c25-20-7-2-1-6-18(20)23(28)16-8-9-21-19(14-16)22(24(26)29-21)15-10-12-27-11-4-3-5-17(27)13-15/h1-2,6-10,14,17H,3-5,11-13,26H2. The fraction of sp³-hybridized carbons (Fsp3) is 0.292. The Kier molecular flexibility index (Phi) is 4.69. The molecule has 1 saturated heterocycles. The molecule has 0 spiro atoms. The van der Waals surface area contributed by atoms with E-state index in [9.17, 15) is 4.79 Å². The predicted octanol–water partition coefficient (Wildman–Crippen LogP) is 5.54. The number of benzene rings is 2. The van der Waals surface area contributed by atoms with Crippen LogP contribution in [0, 0.1) is 0 Å². The number of furan rings is 1. The van der Waals surface area contributed by atoms with Crippen molar-refractivity contribution in [2.75, 3.05) is 18.8 Å². The van der Waals surface area contributed by atoms with E-state index in [0.717, 1.165) is 23.9 Å². The summed E-state index contributed by atoms with van der Waals surface area (Å²) in [7, 11) is 0. The molecule has 148 valence electrons. The van der Waals surface area contributed by atoms with Crippen molar-refractivity contribution in [1.29, 1.82) is 0 Å². The number of carbonyl (C=O) groups is 1. The van der Waals surface area contributed by atoms with Gasteiger partial charge >= 0.3 is 0 Å². The Morgan fingerprint density at radius 2 is 2.03 bits per heavy atom. The van der Waals surface area contributed by atoms with E-state index < -0.39 is 0 Å². The Bertz CT molecular complexity index is 1130. The van der Waals surface area contributed by atoms with Crippen LogP contribution in [0.15, 0.2) is 53.0 Å². The summed E-state index contributed by atoms with van der Waals surface area (Å²) in [5, 5.41) is 1.35. The van der Waals surface area contributed by atoms with Crippen molar-refractivity contribution < 1.29 is 9.21 Å². The molecule has 0 aliphatic carbocycles. The second-order valence-electron chi connectivity index (χ2n) is 7.94. The van der Waals surface area contributed by atoms with E-state index >= 15 is 0 Å². The minimum absolute atomic E-state index is 0.0979. The summed E-state index contributed by atoms with van der Waals surface area (Å²) < 4.78 is 5.84. The number of nitrogens with two attached hydrogens (primary N) is 1. The molecule has 2 aliphatic rings. The normalized spacial score (nSPS) is 19.8. The molecule has 3 heterocycles. The summed E-state index contributed by atoms with van der Waals surface area (Å²) in [5.41, 5.74) is 10.3. The van der Waals surface area contributed by atoms with Crippen molar-refractivity contribution in [2.45, 2.75) is 31.7 Å². The molecule has 3 aromatic rings. The zero-order chi connectivity index (χ0) is 20.0. The van der Waals surface area contributed by atoms with Crippen molar-refractivity contribution in [3.8, 4) is 0 Å². The highest BCUT2D eigenvalue weighted by molar-refractivity contribution is 6.35. The molecule has 2 aromatic carbocycles. The van der Waals surface area contributed by atoms with E-state index in [1.807, 2.05) is 24.3 Å². The molecule has 5 heteroatoms. The Morgan fingerprint density at radius 1 is 1.17 bits per heavy atom. The van der Waals surface area contributed by atoms with Gasteiger partial charge in [0, 0.05) is 34.7 Å². The highest BCUT2D eigenvalue weighted by atomic mass is 35.5. The summed E-state index contributed by atoms with van der Waals surface area (Å²) in [5.74, 6) is 0.331. The van der Waals surface area contributed by atoms with Crippen LogP contribution in [0.2, 0.25) is 5.02 Å². The Hall–Kier alpha value is -2.56. The first-order chi connectivity index (χ1) is 14.1. The van der Waals surface area contributed by atoms with Crippen LogP contribution >= 0.6 is 11.6 Å². The Morgan fingerprint density at radius 3 is 2.90 bits per heavy atom. The summed E-state index contributed by atoms with van der Waals surface area (Å²) in [6.45, 7) is 2.12. The summed E-state index contributed by atoms with van der Waals surface area (Å²) >= 11 is 6.24. The van der Waals surface area contributed by atoms with Crippen LogP contribution in [0.5, 0.6) is 0 Å². The lowest BCUT2D eigenvalue weighted by Gasteiger charge is -2.38. The smallest absolute Gasteiger partial charge is 0.199 e. The van der Waals surface area contributed by atoms with E-state index in [4.69, 9.17) is 21.8 Å². The SMILES string of the molecule is Nc1oc2ccc(C(=O)c3ccccc3Cl)cc2c1C1=CCN2CCCCC2C1. The molecule has 0 radical (unpaired) electrons. The van der Waals surface area contributed by atoms with Crippen LogP contribution in [0.4, 0.5) is 5.88 Å². The number of nitrogens with zero attached hydrogens (tertiary/aromatic N) is 1. The van der Waals surface area contributed by atoms with Crippen LogP contribution in [0.25, 0.3) is 16.5 Å². The van der Waals surface area contributed by atoms with E-state index in [0.29, 0.717) is 33.7 Å². The minimum Gasteiger partial charge on any atom is -0.440 e. The third-order valence-electron chi connectivity index (χ3n) is 6.19. The molecule has 29 heavy (non-hydrogen) atoms. The minimum atomic E-state index is -0.0979. The number of ketones is 1. The van der Waals surface area contributed by atoms with Gasteiger partial charge in [-0.05, 0) is 61.7 Å². The molecule has 0 bridgehead atoms. The predicted molar refractivity (Wildman–Crippen MR) is 117 cm³/mol. The van der Waals surface area contributed by atoms with Gasteiger partial charge in [0.25, 0.3) is 0 Å².